The fraction of sp³-hybridized carbons (Fsp3) is 0.400. The van der Waals surface area contributed by atoms with Crippen LogP contribution in [-0.2, 0) is 6.18 Å². The van der Waals surface area contributed by atoms with Gasteiger partial charge in [-0.05, 0) is 24.1 Å². The maximum absolute atomic E-state index is 12.9. The van der Waals surface area contributed by atoms with E-state index in [0.29, 0.717) is 12.0 Å². The van der Waals surface area contributed by atoms with Gasteiger partial charge < -0.3 is 5.73 Å². The number of hydrogen-bond acceptors (Lipinski definition) is 1. The van der Waals surface area contributed by atoms with Crippen LogP contribution in [0.25, 0.3) is 0 Å². The molecule has 1 aromatic carbocycles. The fourth-order valence-corrected chi connectivity index (χ4v) is 1.23. The fourth-order valence-electron chi connectivity index (χ4n) is 1.23. The Bertz CT molecular complexity index is 346. The van der Waals surface area contributed by atoms with Crippen LogP contribution in [-0.4, -0.2) is 0 Å². The average Bonchev–Trinajstić information content (AvgIpc) is 2.15. The van der Waals surface area contributed by atoms with Gasteiger partial charge in [0.05, 0.1) is 5.56 Å². The van der Waals surface area contributed by atoms with Crippen LogP contribution in [0.5, 0.6) is 0 Å². The summed E-state index contributed by atoms with van der Waals surface area (Å²) in [6.45, 7) is 1.75. The molecule has 1 nitrogen and oxygen atoms in total. The van der Waals surface area contributed by atoms with Gasteiger partial charge in [0.1, 0.15) is 5.82 Å². The van der Waals surface area contributed by atoms with Gasteiger partial charge in [0, 0.05) is 6.04 Å². The van der Waals surface area contributed by atoms with E-state index < -0.39 is 23.6 Å². The van der Waals surface area contributed by atoms with Crippen molar-refractivity contribution >= 4 is 0 Å². The van der Waals surface area contributed by atoms with Crippen molar-refractivity contribution in [3.05, 3.63) is 35.1 Å². The van der Waals surface area contributed by atoms with Crippen molar-refractivity contribution in [1.82, 2.24) is 0 Å². The number of alkyl halides is 3. The van der Waals surface area contributed by atoms with Crippen molar-refractivity contribution < 1.29 is 17.6 Å². The Morgan fingerprint density at radius 2 is 1.93 bits per heavy atom. The van der Waals surface area contributed by atoms with Crippen molar-refractivity contribution in [3.63, 3.8) is 0 Å². The van der Waals surface area contributed by atoms with Gasteiger partial charge in [-0.25, -0.2) is 4.39 Å². The topological polar surface area (TPSA) is 26.0 Å². The van der Waals surface area contributed by atoms with Crippen molar-refractivity contribution in [2.24, 2.45) is 5.73 Å². The van der Waals surface area contributed by atoms with Gasteiger partial charge in [-0.3, -0.25) is 0 Å². The average molecular weight is 221 g/mol. The van der Waals surface area contributed by atoms with Crippen LogP contribution >= 0.6 is 0 Å². The van der Waals surface area contributed by atoms with Crippen molar-refractivity contribution in [1.29, 1.82) is 0 Å². The maximum atomic E-state index is 12.9. The number of nitrogens with two attached hydrogens (primary N) is 1. The zero-order valence-corrected chi connectivity index (χ0v) is 8.11. The van der Waals surface area contributed by atoms with Gasteiger partial charge in [0.25, 0.3) is 0 Å². The second-order valence-corrected chi connectivity index (χ2v) is 3.25. The number of rotatable bonds is 2. The first-order valence-electron chi connectivity index (χ1n) is 4.48. The van der Waals surface area contributed by atoms with Gasteiger partial charge in [0.2, 0.25) is 0 Å². The van der Waals surface area contributed by atoms with Gasteiger partial charge >= 0.3 is 6.18 Å². The van der Waals surface area contributed by atoms with E-state index >= 15 is 0 Å². The molecule has 0 bridgehead atoms. The third-order valence-electron chi connectivity index (χ3n) is 2.16. The third kappa shape index (κ3) is 2.68. The smallest absolute Gasteiger partial charge is 0.324 e. The first-order chi connectivity index (χ1) is 6.86. The largest absolute Gasteiger partial charge is 0.419 e. The summed E-state index contributed by atoms with van der Waals surface area (Å²) in [5.74, 6) is -1.27. The summed E-state index contributed by atoms with van der Waals surface area (Å²) in [5, 5.41) is 0. The van der Waals surface area contributed by atoms with Crippen LogP contribution in [0.2, 0.25) is 0 Å². The second kappa shape index (κ2) is 4.18. The molecule has 0 aliphatic heterocycles. The van der Waals surface area contributed by atoms with Crippen LogP contribution in [0.4, 0.5) is 17.6 Å². The third-order valence-corrected chi connectivity index (χ3v) is 2.16. The Morgan fingerprint density at radius 3 is 2.40 bits per heavy atom. The first-order valence-corrected chi connectivity index (χ1v) is 4.48. The summed E-state index contributed by atoms with van der Waals surface area (Å²) >= 11 is 0. The molecular formula is C10H11F4N. The van der Waals surface area contributed by atoms with Crippen LogP contribution < -0.4 is 5.73 Å². The van der Waals surface area contributed by atoms with E-state index in [1.165, 1.54) is 6.07 Å². The maximum Gasteiger partial charge on any atom is 0.419 e. The molecule has 0 saturated carbocycles. The molecule has 15 heavy (non-hydrogen) atoms. The molecule has 0 aliphatic rings. The highest BCUT2D eigenvalue weighted by Crippen LogP contribution is 2.32. The highest BCUT2D eigenvalue weighted by Gasteiger charge is 2.34. The molecular weight excluding hydrogens is 210 g/mol. The van der Waals surface area contributed by atoms with Gasteiger partial charge in [-0.2, -0.15) is 13.2 Å². The monoisotopic (exact) mass is 221 g/mol. The molecule has 1 unspecified atom stereocenters. The van der Waals surface area contributed by atoms with E-state index in [4.69, 9.17) is 5.73 Å². The Kier molecular flexibility index (Phi) is 3.34. The molecule has 2 N–H and O–H groups in total. The minimum Gasteiger partial charge on any atom is -0.324 e. The molecule has 1 atom stereocenters. The van der Waals surface area contributed by atoms with E-state index in [2.05, 4.69) is 0 Å². The first kappa shape index (κ1) is 12.0. The minimum absolute atomic E-state index is 0.297. The minimum atomic E-state index is -4.67. The Balaban J connectivity index is 3.17. The predicted molar refractivity (Wildman–Crippen MR) is 48.6 cm³/mol. The summed E-state index contributed by atoms with van der Waals surface area (Å²) < 4.78 is 49.8. The summed E-state index contributed by atoms with van der Waals surface area (Å²) in [4.78, 5) is 0. The van der Waals surface area contributed by atoms with Crippen LogP contribution in [0.1, 0.15) is 30.5 Å². The SMILES string of the molecule is CCC(N)c1ccc(F)c(C(F)(F)F)c1. The van der Waals surface area contributed by atoms with Gasteiger partial charge in [-0.15, -0.1) is 0 Å². The lowest BCUT2D eigenvalue weighted by atomic mass is 10.0. The molecule has 0 aromatic heterocycles. The molecule has 0 fully saturated rings. The molecule has 0 amide bonds. The van der Waals surface area contributed by atoms with Crippen molar-refractivity contribution in [2.45, 2.75) is 25.6 Å². The Morgan fingerprint density at radius 1 is 1.33 bits per heavy atom. The lowest BCUT2D eigenvalue weighted by molar-refractivity contribution is -0.140. The highest BCUT2D eigenvalue weighted by molar-refractivity contribution is 5.29. The highest BCUT2D eigenvalue weighted by atomic mass is 19.4. The van der Waals surface area contributed by atoms with E-state index in [1.807, 2.05) is 0 Å². The molecule has 0 aliphatic carbocycles. The number of benzene rings is 1. The zero-order chi connectivity index (χ0) is 11.6. The Labute approximate surface area is 84.9 Å². The molecule has 0 radical (unpaired) electrons. The van der Waals surface area contributed by atoms with Crippen LogP contribution in [0.3, 0.4) is 0 Å². The summed E-state index contributed by atoms with van der Waals surface area (Å²) in [5.41, 5.74) is 4.60. The van der Waals surface area contributed by atoms with Crippen LogP contribution in [0.15, 0.2) is 18.2 Å². The van der Waals surface area contributed by atoms with Gasteiger partial charge in [-0.1, -0.05) is 13.0 Å². The van der Waals surface area contributed by atoms with E-state index in [1.54, 1.807) is 6.92 Å². The van der Waals surface area contributed by atoms with Crippen molar-refractivity contribution in [3.8, 4) is 0 Å². The van der Waals surface area contributed by atoms with Crippen LogP contribution in [0, 0.1) is 5.82 Å². The predicted octanol–water partition coefficient (Wildman–Crippen LogP) is 3.25. The number of halogens is 4. The standard InChI is InChI=1S/C10H11F4N/c1-2-9(15)6-3-4-8(11)7(5-6)10(12,13)14/h3-5,9H,2,15H2,1H3. The molecule has 0 spiro atoms. The zero-order valence-electron chi connectivity index (χ0n) is 8.11. The molecule has 84 valence electrons. The molecule has 1 aromatic rings. The Hall–Kier alpha value is -1.10. The van der Waals surface area contributed by atoms with Crippen molar-refractivity contribution in [2.75, 3.05) is 0 Å². The second-order valence-electron chi connectivity index (χ2n) is 3.25. The van der Waals surface area contributed by atoms with E-state index in [9.17, 15) is 17.6 Å². The molecule has 0 heterocycles. The van der Waals surface area contributed by atoms with E-state index in [-0.39, 0.29) is 0 Å². The normalized spacial score (nSPS) is 14.0. The quantitative estimate of drug-likeness (QED) is 0.762. The van der Waals surface area contributed by atoms with Gasteiger partial charge in [0.15, 0.2) is 0 Å². The van der Waals surface area contributed by atoms with E-state index in [0.717, 1.165) is 12.1 Å². The molecule has 5 heteroatoms. The molecule has 1 rings (SSSR count). The number of hydrogen-bond donors (Lipinski definition) is 1. The summed E-state index contributed by atoms with van der Waals surface area (Å²) in [7, 11) is 0. The summed E-state index contributed by atoms with van der Waals surface area (Å²) in [6.07, 6.45) is -4.17. The molecule has 0 saturated heterocycles. The lowest BCUT2D eigenvalue weighted by Crippen LogP contribution is -2.13. The summed E-state index contributed by atoms with van der Waals surface area (Å²) in [6, 6.07) is 2.35. The lowest BCUT2D eigenvalue weighted by Gasteiger charge is -2.13.